The highest BCUT2D eigenvalue weighted by molar-refractivity contribution is 5.99. The van der Waals surface area contributed by atoms with E-state index in [0.29, 0.717) is 11.3 Å². The first kappa shape index (κ1) is 18.1. The minimum absolute atomic E-state index is 0.150. The van der Waals surface area contributed by atoms with Crippen molar-refractivity contribution in [3.8, 4) is 5.75 Å². The lowest BCUT2D eigenvalue weighted by Gasteiger charge is -2.36. The number of phenols is 1. The summed E-state index contributed by atoms with van der Waals surface area (Å²) in [6, 6.07) is 15.3. The van der Waals surface area contributed by atoms with Crippen LogP contribution < -0.4 is 15.5 Å². The van der Waals surface area contributed by atoms with Crippen LogP contribution in [-0.4, -0.2) is 62.2 Å². The SMILES string of the molecule is CNC(=O)c1ccc(O)cc1NCCN1CCN(c2ccccc2)CC1. The fraction of sp³-hybridized carbons (Fsp3) is 0.350. The van der Waals surface area contributed by atoms with E-state index in [1.165, 1.54) is 11.8 Å². The van der Waals surface area contributed by atoms with Gasteiger partial charge in [-0.05, 0) is 24.3 Å². The maximum atomic E-state index is 11.9. The molecule has 1 heterocycles. The number of phenolic OH excluding ortho intramolecular Hbond substituents is 1. The van der Waals surface area contributed by atoms with E-state index in [0.717, 1.165) is 39.3 Å². The molecule has 3 rings (SSSR count). The second-order valence-corrected chi connectivity index (χ2v) is 6.40. The zero-order valence-electron chi connectivity index (χ0n) is 15.1. The fourth-order valence-electron chi connectivity index (χ4n) is 3.23. The van der Waals surface area contributed by atoms with Gasteiger partial charge in [0.05, 0.1) is 11.3 Å². The second-order valence-electron chi connectivity index (χ2n) is 6.40. The molecule has 138 valence electrons. The molecule has 2 aromatic rings. The molecule has 0 spiro atoms. The van der Waals surface area contributed by atoms with Crippen LogP contribution in [-0.2, 0) is 0 Å². The minimum Gasteiger partial charge on any atom is -0.508 e. The Bertz CT molecular complexity index is 728. The lowest BCUT2D eigenvalue weighted by molar-refractivity contribution is 0.0964. The molecule has 1 aliphatic heterocycles. The third-order valence-corrected chi connectivity index (χ3v) is 4.71. The van der Waals surface area contributed by atoms with Crippen LogP contribution in [0.3, 0.4) is 0 Å². The van der Waals surface area contributed by atoms with E-state index in [9.17, 15) is 9.90 Å². The predicted octanol–water partition coefficient (Wildman–Crippen LogP) is 1.99. The average molecular weight is 354 g/mol. The van der Waals surface area contributed by atoms with Gasteiger partial charge in [-0.3, -0.25) is 9.69 Å². The lowest BCUT2D eigenvalue weighted by atomic mass is 10.1. The van der Waals surface area contributed by atoms with Gasteiger partial charge in [0.15, 0.2) is 0 Å². The maximum Gasteiger partial charge on any atom is 0.253 e. The minimum atomic E-state index is -0.163. The van der Waals surface area contributed by atoms with Crippen molar-refractivity contribution in [2.45, 2.75) is 0 Å². The van der Waals surface area contributed by atoms with E-state index in [4.69, 9.17) is 0 Å². The quantitative estimate of drug-likeness (QED) is 0.740. The van der Waals surface area contributed by atoms with E-state index in [-0.39, 0.29) is 11.7 Å². The number of benzene rings is 2. The van der Waals surface area contributed by atoms with Gasteiger partial charge in [-0.1, -0.05) is 18.2 Å². The Kier molecular flexibility index (Phi) is 5.96. The molecule has 0 unspecified atom stereocenters. The molecule has 0 aliphatic carbocycles. The third-order valence-electron chi connectivity index (χ3n) is 4.71. The van der Waals surface area contributed by atoms with E-state index in [1.807, 2.05) is 6.07 Å². The highest BCUT2D eigenvalue weighted by Gasteiger charge is 2.17. The predicted molar refractivity (Wildman–Crippen MR) is 105 cm³/mol. The van der Waals surface area contributed by atoms with Gasteiger partial charge < -0.3 is 20.6 Å². The van der Waals surface area contributed by atoms with Crippen molar-refractivity contribution in [1.29, 1.82) is 0 Å². The number of carbonyl (C=O) groups excluding carboxylic acids is 1. The summed E-state index contributed by atoms with van der Waals surface area (Å²) in [5.41, 5.74) is 2.48. The monoisotopic (exact) mass is 354 g/mol. The number of carbonyl (C=O) groups is 1. The largest absolute Gasteiger partial charge is 0.508 e. The van der Waals surface area contributed by atoms with Crippen LogP contribution in [0.4, 0.5) is 11.4 Å². The van der Waals surface area contributed by atoms with E-state index >= 15 is 0 Å². The Hall–Kier alpha value is -2.73. The van der Waals surface area contributed by atoms with Crippen LogP contribution in [0.5, 0.6) is 5.75 Å². The Morgan fingerprint density at radius 2 is 1.81 bits per heavy atom. The van der Waals surface area contributed by atoms with E-state index < -0.39 is 0 Å². The van der Waals surface area contributed by atoms with Crippen LogP contribution in [0.15, 0.2) is 48.5 Å². The number of nitrogens with one attached hydrogen (secondary N) is 2. The van der Waals surface area contributed by atoms with Crippen LogP contribution in [0.2, 0.25) is 0 Å². The number of rotatable bonds is 6. The molecular weight excluding hydrogens is 328 g/mol. The molecule has 0 aromatic heterocycles. The summed E-state index contributed by atoms with van der Waals surface area (Å²) in [5, 5.41) is 15.6. The Morgan fingerprint density at radius 3 is 2.50 bits per heavy atom. The highest BCUT2D eigenvalue weighted by Crippen LogP contribution is 2.21. The Labute approximate surface area is 154 Å². The van der Waals surface area contributed by atoms with Crippen molar-refractivity contribution < 1.29 is 9.90 Å². The van der Waals surface area contributed by atoms with Gasteiger partial charge in [0, 0.05) is 58.1 Å². The average Bonchev–Trinajstić information content (AvgIpc) is 2.69. The van der Waals surface area contributed by atoms with Crippen molar-refractivity contribution in [2.24, 2.45) is 0 Å². The molecule has 1 amide bonds. The number of piperazine rings is 1. The van der Waals surface area contributed by atoms with Gasteiger partial charge >= 0.3 is 0 Å². The molecule has 2 aromatic carbocycles. The topological polar surface area (TPSA) is 67.8 Å². The molecule has 1 fully saturated rings. The van der Waals surface area contributed by atoms with Gasteiger partial charge in [-0.25, -0.2) is 0 Å². The zero-order chi connectivity index (χ0) is 18.4. The standard InChI is InChI=1S/C20H26N4O2/c1-21-20(26)18-8-7-17(25)15-19(18)22-9-10-23-11-13-24(14-12-23)16-5-3-2-4-6-16/h2-8,15,22,25H,9-14H2,1H3,(H,21,26). The van der Waals surface area contributed by atoms with Crippen LogP contribution in [0.25, 0.3) is 0 Å². The summed E-state index contributed by atoms with van der Waals surface area (Å²) in [7, 11) is 1.60. The molecule has 6 nitrogen and oxygen atoms in total. The van der Waals surface area contributed by atoms with E-state index in [1.54, 1.807) is 19.2 Å². The summed E-state index contributed by atoms with van der Waals surface area (Å²) in [6.07, 6.45) is 0. The van der Waals surface area contributed by atoms with Gasteiger partial charge in [-0.15, -0.1) is 0 Å². The molecule has 1 saturated heterocycles. The smallest absolute Gasteiger partial charge is 0.253 e. The number of aromatic hydroxyl groups is 1. The summed E-state index contributed by atoms with van der Waals surface area (Å²) < 4.78 is 0. The molecule has 6 heteroatoms. The molecule has 0 saturated carbocycles. The number of hydrogen-bond acceptors (Lipinski definition) is 5. The van der Waals surface area contributed by atoms with Gasteiger partial charge in [0.1, 0.15) is 5.75 Å². The number of para-hydroxylation sites is 1. The molecular formula is C20H26N4O2. The summed E-state index contributed by atoms with van der Waals surface area (Å²) in [5.74, 6) is -0.0133. The van der Waals surface area contributed by atoms with Crippen LogP contribution in [0.1, 0.15) is 10.4 Å². The molecule has 3 N–H and O–H groups in total. The number of hydrogen-bond donors (Lipinski definition) is 3. The molecule has 26 heavy (non-hydrogen) atoms. The van der Waals surface area contributed by atoms with Crippen LogP contribution in [0, 0.1) is 0 Å². The first-order chi connectivity index (χ1) is 12.7. The lowest BCUT2D eigenvalue weighted by Crippen LogP contribution is -2.47. The molecule has 1 aliphatic rings. The van der Waals surface area contributed by atoms with Gasteiger partial charge in [0.2, 0.25) is 0 Å². The highest BCUT2D eigenvalue weighted by atomic mass is 16.3. The first-order valence-electron chi connectivity index (χ1n) is 8.98. The molecule has 0 radical (unpaired) electrons. The Morgan fingerprint density at radius 1 is 1.08 bits per heavy atom. The van der Waals surface area contributed by atoms with Crippen molar-refractivity contribution in [1.82, 2.24) is 10.2 Å². The van der Waals surface area contributed by atoms with Crippen molar-refractivity contribution in [3.63, 3.8) is 0 Å². The maximum absolute atomic E-state index is 11.9. The zero-order valence-corrected chi connectivity index (χ0v) is 15.1. The van der Waals surface area contributed by atoms with Crippen molar-refractivity contribution in [2.75, 3.05) is 56.5 Å². The van der Waals surface area contributed by atoms with E-state index in [2.05, 4.69) is 44.7 Å². The number of nitrogens with zero attached hydrogens (tertiary/aromatic N) is 2. The normalized spacial score (nSPS) is 14.9. The van der Waals surface area contributed by atoms with Crippen LogP contribution >= 0.6 is 0 Å². The van der Waals surface area contributed by atoms with Gasteiger partial charge in [0.25, 0.3) is 5.91 Å². The number of anilines is 2. The summed E-state index contributed by atoms with van der Waals surface area (Å²) >= 11 is 0. The van der Waals surface area contributed by atoms with Crippen molar-refractivity contribution >= 4 is 17.3 Å². The van der Waals surface area contributed by atoms with Gasteiger partial charge in [-0.2, -0.15) is 0 Å². The fourth-order valence-corrected chi connectivity index (χ4v) is 3.23. The second kappa shape index (κ2) is 8.58. The Balaban J connectivity index is 1.49. The number of amides is 1. The molecule has 0 bridgehead atoms. The third kappa shape index (κ3) is 4.46. The molecule has 0 atom stereocenters. The van der Waals surface area contributed by atoms with Crippen molar-refractivity contribution in [3.05, 3.63) is 54.1 Å². The summed E-state index contributed by atoms with van der Waals surface area (Å²) in [6.45, 7) is 5.67. The summed E-state index contributed by atoms with van der Waals surface area (Å²) in [4.78, 5) is 16.7. The first-order valence-corrected chi connectivity index (χ1v) is 8.98.